The van der Waals surface area contributed by atoms with Gasteiger partial charge in [0.25, 0.3) is 5.91 Å². The topological polar surface area (TPSA) is 56.8 Å². The predicted molar refractivity (Wildman–Crippen MR) is 103 cm³/mol. The van der Waals surface area contributed by atoms with E-state index in [0.29, 0.717) is 23.7 Å². The minimum atomic E-state index is -0.155. The van der Waals surface area contributed by atoms with E-state index >= 15 is 0 Å². The Morgan fingerprint density at radius 2 is 2.04 bits per heavy atom. The first-order valence-corrected chi connectivity index (χ1v) is 9.35. The quantitative estimate of drug-likeness (QED) is 0.774. The molecule has 26 heavy (non-hydrogen) atoms. The van der Waals surface area contributed by atoms with E-state index in [9.17, 15) is 4.79 Å². The minimum absolute atomic E-state index is 0.0285. The fourth-order valence-corrected chi connectivity index (χ4v) is 3.30. The van der Waals surface area contributed by atoms with Crippen LogP contribution in [-0.2, 0) is 0 Å². The summed E-state index contributed by atoms with van der Waals surface area (Å²) < 4.78 is 17.7. The van der Waals surface area contributed by atoms with Gasteiger partial charge in [-0.05, 0) is 50.2 Å². The number of carbonyl (C=O) groups excluding carboxylic acids is 1. The van der Waals surface area contributed by atoms with Gasteiger partial charge in [-0.1, -0.05) is 15.9 Å². The lowest BCUT2D eigenvalue weighted by atomic mass is 10.00. The highest BCUT2D eigenvalue weighted by atomic mass is 79.9. The number of fused-ring (bicyclic) bond motifs is 1. The molecule has 1 amide bonds. The molecule has 1 aliphatic heterocycles. The van der Waals surface area contributed by atoms with E-state index < -0.39 is 0 Å². The van der Waals surface area contributed by atoms with Crippen molar-refractivity contribution in [3.8, 4) is 17.2 Å². The van der Waals surface area contributed by atoms with Crippen LogP contribution in [0.25, 0.3) is 0 Å². The summed E-state index contributed by atoms with van der Waals surface area (Å²) in [6.45, 7) is 4.46. The molecular formula is C20H22BrNO4. The van der Waals surface area contributed by atoms with Gasteiger partial charge in [0.2, 0.25) is 0 Å². The smallest absolute Gasteiger partial charge is 0.251 e. The van der Waals surface area contributed by atoms with Crippen LogP contribution in [-0.4, -0.2) is 25.7 Å². The summed E-state index contributed by atoms with van der Waals surface area (Å²) in [6.07, 6.45) is 0.752. The Bertz CT molecular complexity index is 806. The van der Waals surface area contributed by atoms with Crippen molar-refractivity contribution in [3.05, 3.63) is 52.0 Å². The maximum Gasteiger partial charge on any atom is 0.251 e. The van der Waals surface area contributed by atoms with Crippen molar-refractivity contribution >= 4 is 21.8 Å². The van der Waals surface area contributed by atoms with Crippen LogP contribution in [0.2, 0.25) is 0 Å². The minimum Gasteiger partial charge on any atom is -0.493 e. The van der Waals surface area contributed by atoms with Crippen molar-refractivity contribution in [2.24, 2.45) is 0 Å². The Balaban J connectivity index is 1.80. The van der Waals surface area contributed by atoms with Gasteiger partial charge in [0, 0.05) is 22.0 Å². The van der Waals surface area contributed by atoms with Crippen molar-refractivity contribution in [3.63, 3.8) is 0 Å². The van der Waals surface area contributed by atoms with Gasteiger partial charge in [-0.2, -0.15) is 0 Å². The van der Waals surface area contributed by atoms with Crippen molar-refractivity contribution in [1.82, 2.24) is 5.32 Å². The molecule has 1 aliphatic rings. The van der Waals surface area contributed by atoms with Crippen LogP contribution in [0.1, 0.15) is 42.2 Å². The molecule has 0 saturated carbocycles. The summed E-state index contributed by atoms with van der Waals surface area (Å²) >= 11 is 3.48. The molecule has 6 heteroatoms. The van der Waals surface area contributed by atoms with Crippen molar-refractivity contribution in [1.29, 1.82) is 0 Å². The Morgan fingerprint density at radius 3 is 2.77 bits per heavy atom. The van der Waals surface area contributed by atoms with Gasteiger partial charge in [-0.3, -0.25) is 4.79 Å². The molecule has 1 N–H and O–H groups in total. The van der Waals surface area contributed by atoms with Crippen molar-refractivity contribution < 1.29 is 19.0 Å². The van der Waals surface area contributed by atoms with Gasteiger partial charge in [-0.25, -0.2) is 0 Å². The fraction of sp³-hybridized carbons (Fsp3) is 0.350. The number of benzene rings is 2. The average Bonchev–Trinajstić information content (AvgIpc) is 2.62. The highest BCUT2D eigenvalue weighted by Crippen LogP contribution is 2.35. The second kappa shape index (κ2) is 7.99. The number of hydrogen-bond acceptors (Lipinski definition) is 4. The standard InChI is InChI=1S/C20H22BrNO4/c1-12(2)26-18-6-4-13(10-19(18)24-3)20(23)22-16-8-9-25-17-7-5-14(21)11-15(16)17/h4-7,10-12,16H,8-9H2,1-3H3,(H,22,23). The van der Waals surface area contributed by atoms with Crippen LogP contribution >= 0.6 is 15.9 Å². The van der Waals surface area contributed by atoms with Gasteiger partial charge in [0.1, 0.15) is 5.75 Å². The Kier molecular flexibility index (Phi) is 5.71. The van der Waals surface area contributed by atoms with E-state index in [1.165, 1.54) is 0 Å². The van der Waals surface area contributed by atoms with E-state index in [1.807, 2.05) is 32.0 Å². The highest BCUT2D eigenvalue weighted by Gasteiger charge is 2.24. The molecule has 1 unspecified atom stereocenters. The molecule has 2 aromatic rings. The number of ether oxygens (including phenoxy) is 3. The summed E-state index contributed by atoms with van der Waals surface area (Å²) in [4.78, 5) is 12.7. The molecule has 0 bridgehead atoms. The molecule has 0 fully saturated rings. The molecule has 1 heterocycles. The maximum atomic E-state index is 12.7. The van der Waals surface area contributed by atoms with Crippen molar-refractivity contribution in [2.45, 2.75) is 32.4 Å². The lowest BCUT2D eigenvalue weighted by molar-refractivity contribution is 0.0924. The van der Waals surface area contributed by atoms with E-state index in [1.54, 1.807) is 25.3 Å². The number of methoxy groups -OCH3 is 1. The van der Waals surface area contributed by atoms with Gasteiger partial charge >= 0.3 is 0 Å². The van der Waals surface area contributed by atoms with Gasteiger partial charge in [0.15, 0.2) is 11.5 Å². The lowest BCUT2D eigenvalue weighted by Crippen LogP contribution is -2.32. The maximum absolute atomic E-state index is 12.7. The Morgan fingerprint density at radius 1 is 1.23 bits per heavy atom. The summed E-state index contributed by atoms with van der Waals surface area (Å²) in [5, 5.41) is 3.09. The second-order valence-electron chi connectivity index (χ2n) is 6.38. The molecule has 0 spiro atoms. The van der Waals surface area contributed by atoms with Crippen molar-refractivity contribution in [2.75, 3.05) is 13.7 Å². The first-order chi connectivity index (χ1) is 12.5. The second-order valence-corrected chi connectivity index (χ2v) is 7.29. The molecule has 0 radical (unpaired) electrons. The molecule has 3 rings (SSSR count). The summed E-state index contributed by atoms with van der Waals surface area (Å²) in [5.41, 5.74) is 1.51. The molecule has 0 aromatic heterocycles. The molecule has 1 atom stereocenters. The number of hydrogen-bond donors (Lipinski definition) is 1. The summed E-state index contributed by atoms with van der Waals surface area (Å²) in [7, 11) is 1.57. The number of amides is 1. The lowest BCUT2D eigenvalue weighted by Gasteiger charge is -2.27. The van der Waals surface area contributed by atoms with Crippen LogP contribution in [0.5, 0.6) is 17.2 Å². The first-order valence-electron chi connectivity index (χ1n) is 8.55. The highest BCUT2D eigenvalue weighted by molar-refractivity contribution is 9.10. The number of rotatable bonds is 5. The third kappa shape index (κ3) is 4.12. The van der Waals surface area contributed by atoms with Crippen LogP contribution in [0.15, 0.2) is 40.9 Å². The number of nitrogens with one attached hydrogen (secondary N) is 1. The van der Waals surface area contributed by atoms with Crippen LogP contribution < -0.4 is 19.5 Å². The molecule has 2 aromatic carbocycles. The van der Waals surface area contributed by atoms with E-state index in [2.05, 4.69) is 21.2 Å². The average molecular weight is 420 g/mol. The molecule has 5 nitrogen and oxygen atoms in total. The molecule has 0 saturated heterocycles. The zero-order valence-corrected chi connectivity index (χ0v) is 16.6. The Hall–Kier alpha value is -2.21. The number of carbonyl (C=O) groups is 1. The monoisotopic (exact) mass is 419 g/mol. The van der Waals surface area contributed by atoms with Gasteiger partial charge in [0.05, 0.1) is 25.9 Å². The number of halogens is 1. The zero-order valence-electron chi connectivity index (χ0n) is 15.0. The van der Waals surface area contributed by atoms with Crippen LogP contribution in [0.4, 0.5) is 0 Å². The zero-order chi connectivity index (χ0) is 18.7. The largest absolute Gasteiger partial charge is 0.493 e. The molecule has 138 valence electrons. The predicted octanol–water partition coefficient (Wildman–Crippen LogP) is 4.50. The third-order valence-corrected chi connectivity index (χ3v) is 4.60. The van der Waals surface area contributed by atoms with E-state index in [4.69, 9.17) is 14.2 Å². The van der Waals surface area contributed by atoms with E-state index in [0.717, 1.165) is 22.2 Å². The molecule has 0 aliphatic carbocycles. The normalized spacial score (nSPS) is 15.8. The van der Waals surface area contributed by atoms with Crippen LogP contribution in [0, 0.1) is 0 Å². The third-order valence-electron chi connectivity index (χ3n) is 4.11. The Labute approximate surface area is 161 Å². The summed E-state index contributed by atoms with van der Waals surface area (Å²) in [6, 6.07) is 11.0. The first kappa shape index (κ1) is 18.6. The summed E-state index contributed by atoms with van der Waals surface area (Å²) in [5.74, 6) is 1.82. The fourth-order valence-electron chi connectivity index (χ4n) is 2.92. The van der Waals surface area contributed by atoms with Crippen LogP contribution in [0.3, 0.4) is 0 Å². The molecular weight excluding hydrogens is 398 g/mol. The SMILES string of the molecule is COc1cc(C(=O)NC2CCOc3ccc(Br)cc32)ccc1OC(C)C. The van der Waals surface area contributed by atoms with Gasteiger partial charge < -0.3 is 19.5 Å². The van der Waals surface area contributed by atoms with Gasteiger partial charge in [-0.15, -0.1) is 0 Å². The van der Waals surface area contributed by atoms with E-state index in [-0.39, 0.29) is 18.1 Å².